The third kappa shape index (κ3) is 5.01. The normalized spacial score (nSPS) is 13.5. The Morgan fingerprint density at radius 2 is 1.50 bits per heavy atom. The summed E-state index contributed by atoms with van der Waals surface area (Å²) >= 11 is 0. The molecule has 1 aromatic rings. The zero-order valence-corrected chi connectivity index (χ0v) is 11.8. The molecule has 0 saturated heterocycles. The van der Waals surface area contributed by atoms with E-state index in [1.54, 1.807) is 0 Å². The molecule has 0 aliphatic heterocycles. The summed E-state index contributed by atoms with van der Waals surface area (Å²) in [5.74, 6) is -1.20. The van der Waals surface area contributed by atoms with E-state index in [2.05, 4.69) is 6.92 Å². The van der Waals surface area contributed by atoms with Crippen LogP contribution in [0.2, 0.25) is 0 Å². The van der Waals surface area contributed by atoms with Gasteiger partial charge < -0.3 is 0 Å². The molecular formula is C13H13F6LiOP. The topological polar surface area (TPSA) is 17.1 Å². The minimum absolute atomic E-state index is 0. The van der Waals surface area contributed by atoms with Gasteiger partial charge in [0.15, 0.2) is 5.78 Å². The van der Waals surface area contributed by atoms with Crippen LogP contribution in [-0.4, -0.2) is 30.3 Å². The van der Waals surface area contributed by atoms with Gasteiger partial charge in [0.05, 0.1) is 11.1 Å². The Balaban J connectivity index is 0.00000441. The molecular weight excluding hydrogens is 324 g/mol. The first kappa shape index (κ1) is 21.5. The first-order valence-corrected chi connectivity index (χ1v) is 6.53. The second-order valence-electron chi connectivity index (χ2n) is 4.34. The van der Waals surface area contributed by atoms with Crippen LogP contribution in [0.15, 0.2) is 18.2 Å². The van der Waals surface area contributed by atoms with Crippen molar-refractivity contribution in [3.05, 3.63) is 41.8 Å². The Morgan fingerprint density at radius 3 is 1.82 bits per heavy atom. The molecule has 0 heterocycles. The van der Waals surface area contributed by atoms with Crippen LogP contribution in [0.1, 0.15) is 34.3 Å². The summed E-state index contributed by atoms with van der Waals surface area (Å²) in [7, 11) is 1.97. The summed E-state index contributed by atoms with van der Waals surface area (Å²) in [4.78, 5) is 12.0. The van der Waals surface area contributed by atoms with Gasteiger partial charge in [-0.25, -0.2) is 0 Å². The molecule has 2 atom stereocenters. The van der Waals surface area contributed by atoms with E-state index in [0.29, 0.717) is 18.2 Å². The predicted octanol–water partition coefficient (Wildman–Crippen LogP) is 4.12. The number of rotatable bonds is 4. The first-order chi connectivity index (χ1) is 9.50. The molecule has 0 aliphatic rings. The van der Waals surface area contributed by atoms with Gasteiger partial charge in [-0.1, -0.05) is 19.4 Å². The molecule has 0 spiro atoms. The average molecular weight is 337 g/mol. The molecule has 2 unspecified atom stereocenters. The second-order valence-corrected chi connectivity index (χ2v) is 5.14. The third-order valence-corrected chi connectivity index (χ3v) is 3.41. The number of hydrogen-bond acceptors (Lipinski definition) is 1. The van der Waals surface area contributed by atoms with E-state index in [4.69, 9.17) is 0 Å². The Morgan fingerprint density at radius 1 is 1.09 bits per heavy atom. The molecule has 1 radical (unpaired) electrons. The predicted molar refractivity (Wildman–Crippen MR) is 76.0 cm³/mol. The molecule has 119 valence electrons. The van der Waals surface area contributed by atoms with Gasteiger partial charge >= 0.3 is 31.2 Å². The van der Waals surface area contributed by atoms with Crippen molar-refractivity contribution in [2.24, 2.45) is 0 Å². The summed E-state index contributed by atoms with van der Waals surface area (Å²) in [5, 5.41) is 0. The standard InChI is InChI=1S/C13H12F6OP.Li.H/c1-2-4-9(21)11(20)10-7(12(14,15)16)5-3-6-8(10)13(17,18)19;;/h3,5-6,9H,1-2,4,21H2;;. The van der Waals surface area contributed by atoms with E-state index in [9.17, 15) is 31.1 Å². The number of alkyl halides is 6. The van der Waals surface area contributed by atoms with Crippen LogP contribution in [-0.2, 0) is 12.4 Å². The monoisotopic (exact) mass is 337 g/mol. The quantitative estimate of drug-likeness (QED) is 0.350. The van der Waals surface area contributed by atoms with Crippen molar-refractivity contribution in [2.45, 2.75) is 30.9 Å². The van der Waals surface area contributed by atoms with Crippen LogP contribution in [0, 0.1) is 6.92 Å². The van der Waals surface area contributed by atoms with E-state index in [1.165, 1.54) is 0 Å². The van der Waals surface area contributed by atoms with Gasteiger partial charge in [0, 0.05) is 11.2 Å². The molecule has 9 heteroatoms. The molecule has 0 aliphatic carbocycles. The van der Waals surface area contributed by atoms with Gasteiger partial charge in [0.2, 0.25) is 0 Å². The van der Waals surface area contributed by atoms with Crippen molar-refractivity contribution in [3.8, 4) is 0 Å². The van der Waals surface area contributed by atoms with Gasteiger partial charge in [0.25, 0.3) is 0 Å². The molecule has 1 aromatic carbocycles. The van der Waals surface area contributed by atoms with Gasteiger partial charge in [-0.3, -0.25) is 4.79 Å². The molecule has 1 nitrogen and oxygen atoms in total. The summed E-state index contributed by atoms with van der Waals surface area (Å²) in [6.07, 6.45) is -9.79. The zero-order valence-electron chi connectivity index (χ0n) is 10.7. The zero-order chi connectivity index (χ0) is 16.4. The van der Waals surface area contributed by atoms with Crippen LogP contribution in [0.4, 0.5) is 26.3 Å². The summed E-state index contributed by atoms with van der Waals surface area (Å²) in [6.45, 7) is 3.43. The van der Waals surface area contributed by atoms with E-state index in [-0.39, 0.29) is 31.7 Å². The number of ketones is 1. The fraction of sp³-hybridized carbons (Fsp3) is 0.385. The number of carbonyl (C=O) groups excluding carboxylic acids is 1. The van der Waals surface area contributed by atoms with Crippen LogP contribution >= 0.6 is 9.24 Å². The maximum atomic E-state index is 12.9. The van der Waals surface area contributed by atoms with Crippen molar-refractivity contribution >= 4 is 33.9 Å². The van der Waals surface area contributed by atoms with Crippen LogP contribution < -0.4 is 0 Å². The van der Waals surface area contributed by atoms with E-state index >= 15 is 0 Å². The fourth-order valence-corrected chi connectivity index (χ4v) is 2.23. The maximum absolute atomic E-state index is 12.9. The van der Waals surface area contributed by atoms with Crippen molar-refractivity contribution in [1.29, 1.82) is 0 Å². The molecule has 1 rings (SSSR count). The summed E-state index contributed by atoms with van der Waals surface area (Å²) in [5.41, 5.74) is -5.52. The molecule has 22 heavy (non-hydrogen) atoms. The van der Waals surface area contributed by atoms with Gasteiger partial charge in [-0.05, 0) is 18.6 Å². The molecule has 0 fully saturated rings. The molecule has 0 aromatic heterocycles. The molecule has 0 amide bonds. The summed E-state index contributed by atoms with van der Waals surface area (Å²) < 4.78 is 77.3. The number of hydrogen-bond donors (Lipinski definition) is 0. The van der Waals surface area contributed by atoms with Crippen molar-refractivity contribution in [3.63, 3.8) is 0 Å². The first-order valence-electron chi connectivity index (χ1n) is 5.86. The Bertz CT molecular complexity index is 494. The van der Waals surface area contributed by atoms with E-state index in [1.807, 2.05) is 9.24 Å². The summed E-state index contributed by atoms with van der Waals surface area (Å²) in [6, 6.07) is 1.59. The van der Waals surface area contributed by atoms with Gasteiger partial charge in [-0.2, -0.15) is 26.3 Å². The van der Waals surface area contributed by atoms with Gasteiger partial charge in [0.1, 0.15) is 0 Å². The Hall–Kier alpha value is -0.503. The number of Topliss-reactive ketones (excluding diaryl/α,β-unsaturated/α-hetero) is 1. The van der Waals surface area contributed by atoms with E-state index in [0.717, 1.165) is 0 Å². The SMILES string of the molecule is [CH2]CCC(P)C(=O)c1c(C(F)(F)F)cccc1C(F)(F)F.[LiH]. The van der Waals surface area contributed by atoms with E-state index < -0.39 is 40.5 Å². The van der Waals surface area contributed by atoms with Crippen LogP contribution in [0.25, 0.3) is 0 Å². The number of benzene rings is 1. The number of carbonyl (C=O) groups is 1. The molecule has 0 N–H and O–H groups in total. The second kappa shape index (κ2) is 7.85. The molecule has 0 saturated carbocycles. The molecule has 0 bridgehead atoms. The fourth-order valence-electron chi connectivity index (χ4n) is 1.83. The van der Waals surface area contributed by atoms with Crippen LogP contribution in [0.5, 0.6) is 0 Å². The third-order valence-electron chi connectivity index (χ3n) is 2.77. The van der Waals surface area contributed by atoms with Crippen molar-refractivity contribution in [1.82, 2.24) is 0 Å². The van der Waals surface area contributed by atoms with Crippen molar-refractivity contribution in [2.75, 3.05) is 0 Å². The van der Waals surface area contributed by atoms with Crippen LogP contribution in [0.3, 0.4) is 0 Å². The number of halogens is 6. The Labute approximate surface area is 138 Å². The average Bonchev–Trinajstić information content (AvgIpc) is 2.35. The minimum atomic E-state index is -5.04. The van der Waals surface area contributed by atoms with Gasteiger partial charge in [-0.15, -0.1) is 9.24 Å². The Kier molecular flexibility index (Phi) is 7.67. The van der Waals surface area contributed by atoms with Crippen molar-refractivity contribution < 1.29 is 31.1 Å².